The summed E-state index contributed by atoms with van der Waals surface area (Å²) in [7, 11) is 0. The number of rotatable bonds is 7. The van der Waals surface area contributed by atoms with Crippen molar-refractivity contribution in [2.24, 2.45) is 0 Å². The van der Waals surface area contributed by atoms with Gasteiger partial charge in [0.1, 0.15) is 11.0 Å². The van der Waals surface area contributed by atoms with Crippen LogP contribution in [0.1, 0.15) is 39.4 Å². The topological polar surface area (TPSA) is 30.0 Å². The largest absolute Gasteiger partial charge is 0.399 e. The van der Waals surface area contributed by atoms with Crippen LogP contribution < -0.4 is 0 Å². The van der Waals surface area contributed by atoms with Gasteiger partial charge in [-0.25, -0.2) is 13.8 Å². The molecule has 0 saturated heterocycles. The number of allylic oxidation sites excluding steroid dienone is 1. The van der Waals surface area contributed by atoms with E-state index in [4.69, 9.17) is 34.8 Å². The van der Waals surface area contributed by atoms with Crippen LogP contribution in [0.2, 0.25) is 15.2 Å². The standard InChI is InChI=1S/C24H15Cl3F5NO/c25-18-10-15(11-19(26)23(18)29)17(24(30,31)32)6-2-13-1-5-16(20(28)9-13)21(34)7-3-14-4-8-22(27)33-12-14/h1-2,4-6,8-12,17H,3,7H2/b6-2+. The molecule has 0 spiro atoms. The van der Waals surface area contributed by atoms with Gasteiger partial charge in [-0.15, -0.1) is 0 Å². The Morgan fingerprint density at radius 3 is 2.24 bits per heavy atom. The van der Waals surface area contributed by atoms with E-state index in [2.05, 4.69) is 4.98 Å². The number of alkyl halides is 3. The van der Waals surface area contributed by atoms with Crippen molar-refractivity contribution < 1.29 is 26.7 Å². The highest BCUT2D eigenvalue weighted by atomic mass is 35.5. The van der Waals surface area contributed by atoms with Crippen LogP contribution in [-0.2, 0) is 6.42 Å². The summed E-state index contributed by atoms with van der Waals surface area (Å²) in [5.41, 5.74) is 0.300. The Bertz CT molecular complexity index is 1200. The Balaban J connectivity index is 1.77. The third kappa shape index (κ3) is 6.56. The van der Waals surface area contributed by atoms with Crippen molar-refractivity contribution in [3.63, 3.8) is 0 Å². The molecule has 1 unspecified atom stereocenters. The van der Waals surface area contributed by atoms with E-state index >= 15 is 0 Å². The molecule has 0 saturated carbocycles. The molecule has 0 aliphatic rings. The van der Waals surface area contributed by atoms with E-state index in [0.717, 1.165) is 35.9 Å². The number of carbonyl (C=O) groups is 1. The average Bonchev–Trinajstić information content (AvgIpc) is 2.76. The molecule has 2 aromatic carbocycles. The Kier molecular flexibility index (Phi) is 8.34. The molecule has 1 aromatic heterocycles. The maximum atomic E-state index is 14.5. The molecule has 0 bridgehead atoms. The summed E-state index contributed by atoms with van der Waals surface area (Å²) in [6.07, 6.45) is -1.06. The number of nitrogens with zero attached hydrogens (tertiary/aromatic N) is 1. The molecule has 2 nitrogen and oxygen atoms in total. The monoisotopic (exact) mass is 533 g/mol. The lowest BCUT2D eigenvalue weighted by Gasteiger charge is -2.18. The first-order valence-electron chi connectivity index (χ1n) is 9.78. The molecule has 0 amide bonds. The third-order valence-corrected chi connectivity index (χ3v) is 5.70. The second-order valence-electron chi connectivity index (χ2n) is 7.33. The second kappa shape index (κ2) is 10.8. The number of aromatic nitrogens is 1. The fourth-order valence-corrected chi connectivity index (χ4v) is 3.79. The first-order valence-corrected chi connectivity index (χ1v) is 10.9. The normalized spacial score (nSPS) is 12.8. The summed E-state index contributed by atoms with van der Waals surface area (Å²) in [4.78, 5) is 16.3. The maximum Gasteiger partial charge on any atom is 0.399 e. The van der Waals surface area contributed by atoms with E-state index < -0.39 is 39.6 Å². The third-order valence-electron chi connectivity index (χ3n) is 4.92. The van der Waals surface area contributed by atoms with Crippen LogP contribution in [0.5, 0.6) is 0 Å². The average molecular weight is 535 g/mol. The summed E-state index contributed by atoms with van der Waals surface area (Å²) in [5.74, 6) is -4.52. The van der Waals surface area contributed by atoms with Gasteiger partial charge in [0.15, 0.2) is 11.6 Å². The number of aryl methyl sites for hydroxylation is 1. The van der Waals surface area contributed by atoms with E-state index in [1.54, 1.807) is 12.1 Å². The van der Waals surface area contributed by atoms with E-state index in [9.17, 15) is 26.7 Å². The first kappa shape index (κ1) is 26.1. The van der Waals surface area contributed by atoms with Crippen LogP contribution in [-0.4, -0.2) is 16.9 Å². The van der Waals surface area contributed by atoms with Crippen molar-refractivity contribution >= 4 is 46.7 Å². The molecule has 0 N–H and O–H groups in total. The van der Waals surface area contributed by atoms with Crippen molar-refractivity contribution in [3.8, 4) is 0 Å². The van der Waals surface area contributed by atoms with Crippen molar-refractivity contribution in [1.29, 1.82) is 0 Å². The molecule has 34 heavy (non-hydrogen) atoms. The zero-order valence-corrected chi connectivity index (χ0v) is 19.4. The minimum atomic E-state index is -4.74. The van der Waals surface area contributed by atoms with Gasteiger partial charge in [-0.2, -0.15) is 13.2 Å². The van der Waals surface area contributed by atoms with E-state index in [0.29, 0.717) is 11.6 Å². The Labute approximate surface area is 207 Å². The lowest BCUT2D eigenvalue weighted by atomic mass is 9.96. The highest BCUT2D eigenvalue weighted by Gasteiger charge is 2.39. The molecule has 3 rings (SSSR count). The van der Waals surface area contributed by atoms with Gasteiger partial charge >= 0.3 is 6.18 Å². The molecular weight excluding hydrogens is 520 g/mol. The number of hydrogen-bond donors (Lipinski definition) is 0. The molecule has 1 heterocycles. The summed E-state index contributed by atoms with van der Waals surface area (Å²) >= 11 is 17.0. The molecule has 178 valence electrons. The maximum absolute atomic E-state index is 14.5. The summed E-state index contributed by atoms with van der Waals surface area (Å²) < 4.78 is 68.9. The predicted octanol–water partition coefficient (Wildman–Crippen LogP) is 8.49. The van der Waals surface area contributed by atoms with Crippen molar-refractivity contribution in [2.45, 2.75) is 24.9 Å². The molecular formula is C24H15Cl3F5NO. The fourth-order valence-electron chi connectivity index (χ4n) is 3.18. The van der Waals surface area contributed by atoms with Crippen LogP contribution in [0, 0.1) is 11.6 Å². The Morgan fingerprint density at radius 1 is 1.00 bits per heavy atom. The number of Topliss-reactive ketones (excluding diaryl/α,β-unsaturated/α-hetero) is 1. The van der Waals surface area contributed by atoms with Crippen molar-refractivity contribution in [2.75, 3.05) is 0 Å². The first-order chi connectivity index (χ1) is 16.0. The number of ketones is 1. The lowest BCUT2D eigenvalue weighted by Crippen LogP contribution is -2.19. The Hall–Kier alpha value is -2.48. The fraction of sp³-hybridized carbons (Fsp3) is 0.167. The second-order valence-corrected chi connectivity index (χ2v) is 8.53. The van der Waals surface area contributed by atoms with Gasteiger partial charge in [0, 0.05) is 12.6 Å². The molecule has 10 heteroatoms. The number of carbonyl (C=O) groups excluding carboxylic acids is 1. The van der Waals surface area contributed by atoms with Gasteiger partial charge in [-0.3, -0.25) is 4.79 Å². The molecule has 0 fully saturated rings. The highest BCUT2D eigenvalue weighted by molar-refractivity contribution is 6.35. The zero-order chi connectivity index (χ0) is 25.0. The lowest BCUT2D eigenvalue weighted by molar-refractivity contribution is -0.139. The summed E-state index contributed by atoms with van der Waals surface area (Å²) in [6.45, 7) is 0. The van der Waals surface area contributed by atoms with E-state index in [1.807, 2.05) is 0 Å². The number of benzene rings is 2. The van der Waals surface area contributed by atoms with Gasteiger partial charge in [-0.05, 0) is 53.4 Å². The van der Waals surface area contributed by atoms with Gasteiger partial charge in [0.2, 0.25) is 0 Å². The minimum Gasteiger partial charge on any atom is -0.294 e. The van der Waals surface area contributed by atoms with Crippen molar-refractivity contribution in [3.05, 3.63) is 104 Å². The zero-order valence-electron chi connectivity index (χ0n) is 17.1. The van der Waals surface area contributed by atoms with Gasteiger partial charge in [0.05, 0.1) is 21.5 Å². The van der Waals surface area contributed by atoms with Crippen LogP contribution in [0.25, 0.3) is 6.08 Å². The summed E-state index contributed by atoms with van der Waals surface area (Å²) in [5, 5.41) is -0.787. The Morgan fingerprint density at radius 2 is 1.68 bits per heavy atom. The quantitative estimate of drug-likeness (QED) is 0.132. The highest BCUT2D eigenvalue weighted by Crippen LogP contribution is 2.39. The summed E-state index contributed by atoms with van der Waals surface area (Å²) in [6, 6.07) is 8.45. The molecule has 0 aliphatic carbocycles. The van der Waals surface area contributed by atoms with Crippen LogP contribution in [0.4, 0.5) is 22.0 Å². The SMILES string of the molecule is O=C(CCc1ccc(Cl)nc1)c1ccc(/C=C/C(c2cc(Cl)c(F)c(Cl)c2)C(F)(F)F)cc1F. The van der Waals surface area contributed by atoms with Gasteiger partial charge < -0.3 is 0 Å². The number of hydrogen-bond acceptors (Lipinski definition) is 2. The molecule has 0 aliphatic heterocycles. The van der Waals surface area contributed by atoms with Crippen LogP contribution >= 0.6 is 34.8 Å². The molecule has 1 atom stereocenters. The van der Waals surface area contributed by atoms with Gasteiger partial charge in [-0.1, -0.05) is 59.1 Å². The van der Waals surface area contributed by atoms with E-state index in [1.165, 1.54) is 18.3 Å². The molecule has 0 radical (unpaired) electrons. The predicted molar refractivity (Wildman–Crippen MR) is 123 cm³/mol. The van der Waals surface area contributed by atoms with Gasteiger partial charge in [0.25, 0.3) is 0 Å². The molecule has 3 aromatic rings. The van der Waals surface area contributed by atoms with Crippen LogP contribution in [0.15, 0.2) is 54.7 Å². The van der Waals surface area contributed by atoms with E-state index in [-0.39, 0.29) is 23.1 Å². The number of pyridine rings is 1. The van der Waals surface area contributed by atoms with Crippen molar-refractivity contribution in [1.82, 2.24) is 4.98 Å². The smallest absolute Gasteiger partial charge is 0.294 e. The number of halogens is 8. The van der Waals surface area contributed by atoms with Crippen LogP contribution in [0.3, 0.4) is 0 Å². The minimum absolute atomic E-state index is 0.0116.